The molecule has 120 valence electrons. The van der Waals surface area contributed by atoms with Gasteiger partial charge in [0.25, 0.3) is 0 Å². The zero-order valence-corrected chi connectivity index (χ0v) is 14.7. The van der Waals surface area contributed by atoms with Crippen molar-refractivity contribution in [1.82, 2.24) is 9.55 Å². The SMILES string of the molecule is NCCc1cnc2n1-c1cc(Br)ccc1C(c1ccccc1)=NC2. The van der Waals surface area contributed by atoms with Crippen molar-refractivity contribution in [3.8, 4) is 5.69 Å². The highest BCUT2D eigenvalue weighted by molar-refractivity contribution is 9.10. The Morgan fingerprint density at radius 2 is 1.96 bits per heavy atom. The van der Waals surface area contributed by atoms with Crippen LogP contribution in [0.4, 0.5) is 0 Å². The number of hydrogen-bond acceptors (Lipinski definition) is 3. The molecular weight excluding hydrogens is 364 g/mol. The van der Waals surface area contributed by atoms with Gasteiger partial charge in [-0.3, -0.25) is 9.56 Å². The van der Waals surface area contributed by atoms with Crippen LogP contribution in [-0.2, 0) is 13.0 Å². The average molecular weight is 381 g/mol. The van der Waals surface area contributed by atoms with Crippen molar-refractivity contribution in [1.29, 1.82) is 0 Å². The van der Waals surface area contributed by atoms with E-state index < -0.39 is 0 Å². The largest absolute Gasteiger partial charge is 0.330 e. The second kappa shape index (κ2) is 6.34. The quantitative estimate of drug-likeness (QED) is 0.755. The molecule has 2 N–H and O–H groups in total. The molecule has 0 unspecified atom stereocenters. The van der Waals surface area contributed by atoms with Gasteiger partial charge in [0.05, 0.1) is 17.9 Å². The van der Waals surface area contributed by atoms with E-state index in [9.17, 15) is 0 Å². The Hall–Kier alpha value is -2.24. The highest BCUT2D eigenvalue weighted by Crippen LogP contribution is 2.29. The zero-order chi connectivity index (χ0) is 16.5. The van der Waals surface area contributed by atoms with Gasteiger partial charge in [-0.1, -0.05) is 46.3 Å². The number of fused-ring (bicyclic) bond motifs is 3. The lowest BCUT2D eigenvalue weighted by molar-refractivity contribution is 0.820. The van der Waals surface area contributed by atoms with Gasteiger partial charge in [-0.15, -0.1) is 0 Å². The van der Waals surface area contributed by atoms with Gasteiger partial charge in [0.2, 0.25) is 0 Å². The Morgan fingerprint density at radius 1 is 1.12 bits per heavy atom. The number of hydrogen-bond donors (Lipinski definition) is 1. The molecule has 2 heterocycles. The maximum Gasteiger partial charge on any atom is 0.135 e. The molecule has 0 saturated carbocycles. The third kappa shape index (κ3) is 2.60. The zero-order valence-electron chi connectivity index (χ0n) is 13.1. The molecule has 0 saturated heterocycles. The van der Waals surface area contributed by atoms with Crippen molar-refractivity contribution in [3.05, 3.63) is 81.8 Å². The van der Waals surface area contributed by atoms with Crippen LogP contribution < -0.4 is 5.73 Å². The fourth-order valence-corrected chi connectivity index (χ4v) is 3.48. The Kier molecular flexibility index (Phi) is 4.04. The van der Waals surface area contributed by atoms with E-state index in [-0.39, 0.29) is 0 Å². The third-order valence-electron chi connectivity index (χ3n) is 4.19. The Balaban J connectivity index is 1.96. The van der Waals surface area contributed by atoms with Gasteiger partial charge in [0.15, 0.2) is 0 Å². The molecule has 0 atom stereocenters. The van der Waals surface area contributed by atoms with Gasteiger partial charge < -0.3 is 5.73 Å². The number of aromatic nitrogens is 2. The summed E-state index contributed by atoms with van der Waals surface area (Å²) in [4.78, 5) is 9.44. The summed E-state index contributed by atoms with van der Waals surface area (Å²) in [6.07, 6.45) is 2.70. The molecule has 3 aromatic rings. The lowest BCUT2D eigenvalue weighted by Gasteiger charge is -2.15. The van der Waals surface area contributed by atoms with E-state index in [1.165, 1.54) is 0 Å². The molecule has 24 heavy (non-hydrogen) atoms. The van der Waals surface area contributed by atoms with Crippen LogP contribution in [0.15, 0.2) is 64.2 Å². The molecule has 0 amide bonds. The second-order valence-corrected chi connectivity index (χ2v) is 6.65. The molecule has 0 aliphatic carbocycles. The molecule has 0 radical (unpaired) electrons. The van der Waals surface area contributed by atoms with Gasteiger partial charge in [0.1, 0.15) is 5.82 Å². The first-order valence-electron chi connectivity index (χ1n) is 7.93. The van der Waals surface area contributed by atoms with Crippen molar-refractivity contribution in [2.45, 2.75) is 13.0 Å². The van der Waals surface area contributed by atoms with Crippen LogP contribution in [0.1, 0.15) is 22.6 Å². The first-order valence-corrected chi connectivity index (χ1v) is 8.73. The highest BCUT2D eigenvalue weighted by atomic mass is 79.9. The number of benzene rings is 2. The first kappa shape index (κ1) is 15.3. The van der Waals surface area contributed by atoms with Crippen molar-refractivity contribution < 1.29 is 0 Å². The molecule has 4 nitrogen and oxygen atoms in total. The minimum Gasteiger partial charge on any atom is -0.330 e. The first-order chi connectivity index (χ1) is 11.8. The van der Waals surface area contributed by atoms with E-state index in [1.807, 2.05) is 24.4 Å². The summed E-state index contributed by atoms with van der Waals surface area (Å²) in [6, 6.07) is 16.6. The molecule has 2 aromatic carbocycles. The van der Waals surface area contributed by atoms with Crippen LogP contribution in [0.3, 0.4) is 0 Å². The molecule has 1 aliphatic heterocycles. The smallest absolute Gasteiger partial charge is 0.135 e. The van der Waals surface area contributed by atoms with Gasteiger partial charge in [-0.05, 0) is 24.7 Å². The molecule has 0 bridgehead atoms. The minimum absolute atomic E-state index is 0.557. The molecule has 1 aliphatic rings. The maximum absolute atomic E-state index is 5.78. The van der Waals surface area contributed by atoms with E-state index in [1.54, 1.807) is 0 Å². The van der Waals surface area contributed by atoms with Crippen LogP contribution in [0, 0.1) is 0 Å². The van der Waals surface area contributed by atoms with Gasteiger partial charge in [-0.2, -0.15) is 0 Å². The van der Waals surface area contributed by atoms with Gasteiger partial charge in [-0.25, -0.2) is 4.98 Å². The highest BCUT2D eigenvalue weighted by Gasteiger charge is 2.21. The number of rotatable bonds is 3. The standard InChI is InChI=1S/C19H17BrN4/c20-14-6-7-16-17(10-14)24-15(8-9-21)11-22-18(24)12-23-19(16)13-4-2-1-3-5-13/h1-7,10-11H,8-9,12,21H2. The van der Waals surface area contributed by atoms with E-state index in [4.69, 9.17) is 10.7 Å². The summed E-state index contributed by atoms with van der Waals surface area (Å²) in [5.41, 5.74) is 11.2. The monoisotopic (exact) mass is 380 g/mol. The Labute approximate surface area is 149 Å². The number of nitrogens with zero attached hydrogens (tertiary/aromatic N) is 3. The maximum atomic E-state index is 5.78. The van der Waals surface area contributed by atoms with E-state index >= 15 is 0 Å². The van der Waals surface area contributed by atoms with Crippen LogP contribution in [0.25, 0.3) is 5.69 Å². The topological polar surface area (TPSA) is 56.2 Å². The number of halogens is 1. The fraction of sp³-hybridized carbons (Fsp3) is 0.158. The van der Waals surface area contributed by atoms with E-state index in [0.29, 0.717) is 13.1 Å². The molecule has 5 heteroatoms. The predicted molar refractivity (Wildman–Crippen MR) is 99.8 cm³/mol. The van der Waals surface area contributed by atoms with E-state index in [0.717, 1.165) is 44.9 Å². The number of nitrogens with two attached hydrogens (primary N) is 1. The lowest BCUT2D eigenvalue weighted by atomic mass is 10.0. The van der Waals surface area contributed by atoms with Gasteiger partial charge in [0, 0.05) is 33.9 Å². The molecule has 4 rings (SSSR count). The van der Waals surface area contributed by atoms with Gasteiger partial charge >= 0.3 is 0 Å². The summed E-state index contributed by atoms with van der Waals surface area (Å²) in [6.45, 7) is 1.15. The summed E-state index contributed by atoms with van der Waals surface area (Å²) in [5, 5.41) is 0. The molecular formula is C19H17BrN4. The second-order valence-electron chi connectivity index (χ2n) is 5.73. The minimum atomic E-state index is 0.557. The van der Waals surface area contributed by atoms with Crippen LogP contribution >= 0.6 is 15.9 Å². The summed E-state index contributed by atoms with van der Waals surface area (Å²) >= 11 is 3.60. The third-order valence-corrected chi connectivity index (χ3v) is 4.68. The molecule has 0 fully saturated rings. The summed E-state index contributed by atoms with van der Waals surface area (Å²) in [5.74, 6) is 0.948. The fourth-order valence-electron chi connectivity index (χ4n) is 3.13. The van der Waals surface area contributed by atoms with Crippen molar-refractivity contribution in [2.24, 2.45) is 10.7 Å². The number of aliphatic imine (C=N–C) groups is 1. The summed E-state index contributed by atoms with van der Waals surface area (Å²) < 4.78 is 3.24. The average Bonchev–Trinajstić information content (AvgIpc) is 2.92. The van der Waals surface area contributed by atoms with Crippen molar-refractivity contribution in [3.63, 3.8) is 0 Å². The lowest BCUT2D eigenvalue weighted by Crippen LogP contribution is -2.12. The molecule has 0 spiro atoms. The van der Waals surface area contributed by atoms with Crippen molar-refractivity contribution >= 4 is 21.6 Å². The van der Waals surface area contributed by atoms with E-state index in [2.05, 4.69) is 55.8 Å². The van der Waals surface area contributed by atoms with Crippen LogP contribution in [-0.4, -0.2) is 21.8 Å². The van der Waals surface area contributed by atoms with Crippen LogP contribution in [0.5, 0.6) is 0 Å². The van der Waals surface area contributed by atoms with Crippen LogP contribution in [0.2, 0.25) is 0 Å². The normalized spacial score (nSPS) is 13.0. The summed E-state index contributed by atoms with van der Waals surface area (Å²) in [7, 11) is 0. The Bertz CT molecular complexity index is 912. The predicted octanol–water partition coefficient (Wildman–Crippen LogP) is 3.49. The number of imidazole rings is 1. The molecule has 1 aromatic heterocycles. The van der Waals surface area contributed by atoms with Crippen molar-refractivity contribution in [2.75, 3.05) is 6.54 Å². The Morgan fingerprint density at radius 3 is 2.75 bits per heavy atom.